The molecule has 1 saturated heterocycles. The summed E-state index contributed by atoms with van der Waals surface area (Å²) in [6.07, 6.45) is 5.59. The van der Waals surface area contributed by atoms with Crippen molar-refractivity contribution in [2.24, 2.45) is 21.7 Å². The Balaban J connectivity index is 3.04. The molecule has 1 aliphatic heterocycles. The number of hydrogen-bond donors (Lipinski definition) is 3. The predicted molar refractivity (Wildman–Crippen MR) is 137 cm³/mol. The molecular formula is C27H45FN2O5. The van der Waals surface area contributed by atoms with Crippen molar-refractivity contribution in [3.63, 3.8) is 0 Å². The summed E-state index contributed by atoms with van der Waals surface area (Å²) in [5.74, 6) is -0.554. The number of amidine groups is 1. The van der Waals surface area contributed by atoms with Crippen LogP contribution in [-0.4, -0.2) is 58.5 Å². The minimum absolute atomic E-state index is 0.0571. The molecule has 0 spiro atoms. The highest BCUT2D eigenvalue weighted by Gasteiger charge is 2.54. The number of halogens is 1. The highest BCUT2D eigenvalue weighted by atomic mass is 19.1. The average molecular weight is 497 g/mol. The van der Waals surface area contributed by atoms with Crippen LogP contribution in [0.3, 0.4) is 0 Å². The molecule has 3 N–H and O–H groups in total. The number of ether oxygens (including phenoxy) is 1. The Hall–Kier alpha value is -1.90. The van der Waals surface area contributed by atoms with Gasteiger partial charge in [0.05, 0.1) is 12.7 Å². The van der Waals surface area contributed by atoms with Gasteiger partial charge in [-0.25, -0.2) is 4.39 Å². The molecule has 200 valence electrons. The Morgan fingerprint density at radius 1 is 1.23 bits per heavy atom. The van der Waals surface area contributed by atoms with Crippen LogP contribution in [0.4, 0.5) is 4.39 Å². The lowest BCUT2D eigenvalue weighted by molar-refractivity contribution is -0.128. The predicted octanol–water partition coefficient (Wildman–Crippen LogP) is 4.28. The van der Waals surface area contributed by atoms with Crippen molar-refractivity contribution in [2.75, 3.05) is 6.61 Å². The van der Waals surface area contributed by atoms with Crippen LogP contribution in [-0.2, 0) is 14.3 Å². The number of rotatable bonds is 10. The van der Waals surface area contributed by atoms with Crippen molar-refractivity contribution < 1.29 is 28.9 Å². The minimum atomic E-state index is -1.99. The van der Waals surface area contributed by atoms with Gasteiger partial charge in [-0.15, -0.1) is 0 Å². The first-order valence-electron chi connectivity index (χ1n) is 12.5. The fourth-order valence-electron chi connectivity index (χ4n) is 4.46. The maximum absolute atomic E-state index is 15.3. The zero-order valence-electron chi connectivity index (χ0n) is 22.6. The lowest BCUT2D eigenvalue weighted by Gasteiger charge is -2.32. The van der Waals surface area contributed by atoms with Crippen LogP contribution in [0.2, 0.25) is 0 Å². The summed E-state index contributed by atoms with van der Waals surface area (Å²) in [4.78, 5) is 29.0. The topological polar surface area (TPSA) is 108 Å². The molecule has 6 unspecified atom stereocenters. The number of aliphatic imine (C=N–C) groups is 1. The standard InChI is InChI=1S/C27H45FN2O5/c1-9-20(12-11-15-27(28)18(3)35-21(16-31)23(27)33)13-14-22(29-19(4)32)30-24(34)26(8,10-2)17-25(5,6)7/h11-14,18,20-21,23,31,33H,9-10,15-17H2,1-8H3,(H,29,30,32,34). The smallest absolute Gasteiger partial charge is 0.253 e. The van der Waals surface area contributed by atoms with Crippen LogP contribution in [0.15, 0.2) is 29.3 Å². The Morgan fingerprint density at radius 2 is 1.86 bits per heavy atom. The molecule has 0 saturated carbocycles. The number of amides is 2. The van der Waals surface area contributed by atoms with E-state index in [1.165, 1.54) is 6.92 Å². The first kappa shape index (κ1) is 31.1. The summed E-state index contributed by atoms with van der Waals surface area (Å²) in [5.41, 5.74) is -2.69. The molecule has 1 fully saturated rings. The van der Waals surface area contributed by atoms with Crippen molar-refractivity contribution in [2.45, 2.75) is 105 Å². The molecule has 0 aromatic heterocycles. The number of aliphatic hydroxyl groups excluding tert-OH is 2. The number of aliphatic hydroxyl groups is 2. The van der Waals surface area contributed by atoms with Crippen molar-refractivity contribution in [3.05, 3.63) is 24.3 Å². The number of carbonyl (C=O) groups is 2. The largest absolute Gasteiger partial charge is 0.394 e. The number of allylic oxidation sites excluding steroid dienone is 3. The molecule has 35 heavy (non-hydrogen) atoms. The average Bonchev–Trinajstić information content (AvgIpc) is 2.97. The number of nitrogens with zero attached hydrogens (tertiary/aromatic N) is 1. The zero-order valence-corrected chi connectivity index (χ0v) is 22.6. The number of alkyl halides is 1. The van der Waals surface area contributed by atoms with E-state index in [0.29, 0.717) is 19.3 Å². The molecule has 0 aromatic rings. The van der Waals surface area contributed by atoms with Gasteiger partial charge in [0.2, 0.25) is 5.91 Å². The van der Waals surface area contributed by atoms with Crippen LogP contribution in [0, 0.1) is 16.7 Å². The van der Waals surface area contributed by atoms with Crippen LogP contribution >= 0.6 is 0 Å². The summed E-state index contributed by atoms with van der Waals surface area (Å²) in [6, 6.07) is 0. The second kappa shape index (κ2) is 12.9. The van der Waals surface area contributed by atoms with Gasteiger partial charge in [0, 0.05) is 18.8 Å². The van der Waals surface area contributed by atoms with E-state index in [1.54, 1.807) is 25.2 Å². The monoisotopic (exact) mass is 496 g/mol. The summed E-state index contributed by atoms with van der Waals surface area (Å²) >= 11 is 0. The van der Waals surface area contributed by atoms with E-state index in [9.17, 15) is 19.8 Å². The minimum Gasteiger partial charge on any atom is -0.394 e. The van der Waals surface area contributed by atoms with Crippen molar-refractivity contribution in [1.82, 2.24) is 5.32 Å². The third-order valence-corrected chi connectivity index (χ3v) is 6.61. The van der Waals surface area contributed by atoms with E-state index in [1.807, 2.05) is 26.8 Å². The van der Waals surface area contributed by atoms with Gasteiger partial charge >= 0.3 is 0 Å². The highest BCUT2D eigenvalue weighted by molar-refractivity contribution is 6.08. The lowest BCUT2D eigenvalue weighted by Crippen LogP contribution is -2.43. The highest BCUT2D eigenvalue weighted by Crippen LogP contribution is 2.38. The van der Waals surface area contributed by atoms with Gasteiger partial charge < -0.3 is 20.3 Å². The summed E-state index contributed by atoms with van der Waals surface area (Å²) in [5, 5.41) is 22.1. The van der Waals surface area contributed by atoms with E-state index >= 15 is 4.39 Å². The van der Waals surface area contributed by atoms with Crippen LogP contribution < -0.4 is 5.32 Å². The molecule has 1 heterocycles. The first-order valence-corrected chi connectivity index (χ1v) is 12.5. The van der Waals surface area contributed by atoms with E-state index in [0.717, 1.165) is 0 Å². The molecule has 0 aromatic carbocycles. The summed E-state index contributed by atoms with van der Waals surface area (Å²) in [7, 11) is 0. The summed E-state index contributed by atoms with van der Waals surface area (Å²) in [6.45, 7) is 14.5. The van der Waals surface area contributed by atoms with Gasteiger partial charge in [-0.3, -0.25) is 9.59 Å². The van der Waals surface area contributed by atoms with Gasteiger partial charge in [-0.2, -0.15) is 4.99 Å². The van der Waals surface area contributed by atoms with Gasteiger partial charge in [0.15, 0.2) is 5.67 Å². The van der Waals surface area contributed by atoms with Crippen molar-refractivity contribution in [1.29, 1.82) is 0 Å². The maximum atomic E-state index is 15.3. The molecule has 0 radical (unpaired) electrons. The number of carbonyl (C=O) groups excluding carboxylic acids is 2. The molecule has 1 rings (SSSR count). The molecule has 1 aliphatic rings. The molecule has 0 aliphatic carbocycles. The molecule has 7 nitrogen and oxygen atoms in total. The normalized spacial score (nSPS) is 28.4. The summed E-state index contributed by atoms with van der Waals surface area (Å²) < 4.78 is 20.6. The SMILES string of the molecule is CCC(C=CCC1(F)C(C)OC(CO)C1O)C=CC(=NC(=O)C(C)(CC)CC(C)(C)C)NC(C)=O. The van der Waals surface area contributed by atoms with E-state index in [4.69, 9.17) is 4.74 Å². The van der Waals surface area contributed by atoms with Gasteiger partial charge in [-0.05, 0) is 43.6 Å². The second-order valence-electron chi connectivity index (χ2n) is 11.1. The molecule has 2 amide bonds. The maximum Gasteiger partial charge on any atom is 0.253 e. The Labute approximate surface area is 209 Å². The quantitative estimate of drug-likeness (QED) is 0.238. The fraction of sp³-hybridized carbons (Fsp3) is 0.741. The Morgan fingerprint density at radius 3 is 2.31 bits per heavy atom. The fourth-order valence-corrected chi connectivity index (χ4v) is 4.46. The van der Waals surface area contributed by atoms with Gasteiger partial charge in [-0.1, -0.05) is 59.8 Å². The molecule has 6 atom stereocenters. The lowest BCUT2D eigenvalue weighted by atomic mass is 9.73. The third-order valence-electron chi connectivity index (χ3n) is 6.61. The van der Waals surface area contributed by atoms with Gasteiger partial charge in [0.25, 0.3) is 5.91 Å². The second-order valence-corrected chi connectivity index (χ2v) is 11.1. The molecular weight excluding hydrogens is 451 g/mol. The van der Waals surface area contributed by atoms with E-state index in [-0.39, 0.29) is 35.4 Å². The molecule has 0 bridgehead atoms. The first-order chi connectivity index (χ1) is 16.1. The Bertz CT molecular complexity index is 819. The van der Waals surface area contributed by atoms with Gasteiger partial charge in [0.1, 0.15) is 18.0 Å². The number of nitrogens with one attached hydrogen (secondary N) is 1. The Kier molecular flexibility index (Phi) is 11.5. The van der Waals surface area contributed by atoms with Crippen molar-refractivity contribution >= 4 is 17.6 Å². The zero-order chi connectivity index (χ0) is 27.0. The van der Waals surface area contributed by atoms with E-state index in [2.05, 4.69) is 31.1 Å². The van der Waals surface area contributed by atoms with Crippen LogP contribution in [0.25, 0.3) is 0 Å². The molecule has 8 heteroatoms. The third kappa shape index (κ3) is 8.92. The van der Waals surface area contributed by atoms with Crippen LogP contribution in [0.1, 0.15) is 81.1 Å². The van der Waals surface area contributed by atoms with Crippen LogP contribution in [0.5, 0.6) is 0 Å². The van der Waals surface area contributed by atoms with E-state index < -0.39 is 36.0 Å². The van der Waals surface area contributed by atoms with Crippen molar-refractivity contribution in [3.8, 4) is 0 Å². The number of hydrogen-bond acceptors (Lipinski definition) is 5.